The number of rotatable bonds is 28. The number of esters is 1. The standard InChI is InChI=1S/C33H60O4/c1-3-5-7-8-9-10-11-12-13-14-15-16-17-18-19-20-21-22-23-24-25-30-33(36)37-31(27-6-4-2)28-26-29-32(34)35/h11-12,14-15,31H,3-10,13,16-30H2,1-2H3,(H,34,35)/b12-11-,15-14-. The van der Waals surface area contributed by atoms with E-state index >= 15 is 0 Å². The number of hydrogen-bond donors (Lipinski definition) is 1. The molecule has 1 N–H and O–H groups in total. The van der Waals surface area contributed by atoms with E-state index in [4.69, 9.17) is 9.84 Å². The lowest BCUT2D eigenvalue weighted by atomic mass is 10.0. The fourth-order valence-corrected chi connectivity index (χ4v) is 4.56. The van der Waals surface area contributed by atoms with Crippen LogP contribution in [0.25, 0.3) is 0 Å². The number of carboxylic acids is 1. The maximum atomic E-state index is 12.2. The van der Waals surface area contributed by atoms with Crippen LogP contribution >= 0.6 is 0 Å². The van der Waals surface area contributed by atoms with Gasteiger partial charge in [-0.1, -0.05) is 122 Å². The van der Waals surface area contributed by atoms with Crippen molar-refractivity contribution in [3.63, 3.8) is 0 Å². The topological polar surface area (TPSA) is 63.6 Å². The van der Waals surface area contributed by atoms with Gasteiger partial charge in [0.25, 0.3) is 0 Å². The molecule has 0 aromatic rings. The van der Waals surface area contributed by atoms with Crippen LogP contribution in [0.5, 0.6) is 0 Å². The van der Waals surface area contributed by atoms with Crippen LogP contribution in [-0.4, -0.2) is 23.1 Å². The van der Waals surface area contributed by atoms with E-state index in [1.807, 2.05) is 0 Å². The minimum Gasteiger partial charge on any atom is -0.481 e. The lowest BCUT2D eigenvalue weighted by Gasteiger charge is -2.17. The molecule has 0 spiro atoms. The van der Waals surface area contributed by atoms with Gasteiger partial charge in [0.1, 0.15) is 6.10 Å². The van der Waals surface area contributed by atoms with Crippen molar-refractivity contribution < 1.29 is 19.4 Å². The quantitative estimate of drug-likeness (QED) is 0.0633. The second-order valence-corrected chi connectivity index (χ2v) is 10.6. The molecular formula is C33H60O4. The van der Waals surface area contributed by atoms with Gasteiger partial charge in [-0.2, -0.15) is 0 Å². The van der Waals surface area contributed by atoms with Crippen LogP contribution in [0.4, 0.5) is 0 Å². The van der Waals surface area contributed by atoms with E-state index in [0.717, 1.165) is 38.5 Å². The van der Waals surface area contributed by atoms with Gasteiger partial charge in [-0.3, -0.25) is 9.59 Å². The number of carboxylic acid groups (broad SMARTS) is 1. The first-order chi connectivity index (χ1) is 18.1. The Morgan fingerprint density at radius 3 is 1.62 bits per heavy atom. The Balaban J connectivity index is 3.51. The summed E-state index contributed by atoms with van der Waals surface area (Å²) in [6.07, 6.45) is 35.3. The van der Waals surface area contributed by atoms with Crippen LogP contribution < -0.4 is 0 Å². The third kappa shape index (κ3) is 28.8. The van der Waals surface area contributed by atoms with Gasteiger partial charge >= 0.3 is 11.9 Å². The van der Waals surface area contributed by atoms with Crippen molar-refractivity contribution >= 4 is 11.9 Å². The van der Waals surface area contributed by atoms with Gasteiger partial charge in [-0.25, -0.2) is 0 Å². The number of allylic oxidation sites excluding steroid dienone is 4. The van der Waals surface area contributed by atoms with Crippen molar-refractivity contribution in [2.45, 2.75) is 174 Å². The largest absolute Gasteiger partial charge is 0.481 e. The minimum absolute atomic E-state index is 0.112. The Bertz CT molecular complexity index is 567. The Kier molecular flexibility index (Phi) is 27.7. The zero-order valence-electron chi connectivity index (χ0n) is 24.5. The molecule has 0 aliphatic rings. The van der Waals surface area contributed by atoms with Crippen LogP contribution in [0.2, 0.25) is 0 Å². The summed E-state index contributed by atoms with van der Waals surface area (Å²) in [6, 6.07) is 0. The molecule has 1 unspecified atom stereocenters. The predicted octanol–water partition coefficient (Wildman–Crippen LogP) is 10.5. The molecule has 4 heteroatoms. The molecule has 0 heterocycles. The van der Waals surface area contributed by atoms with E-state index in [9.17, 15) is 9.59 Å². The SMILES string of the molecule is CCCCCCC/C=C\C/C=C\CCCCCCCCCCCC(=O)OC(CCCC)CCCC(=O)O. The number of hydrogen-bond acceptors (Lipinski definition) is 3. The number of carbonyl (C=O) groups is 2. The average molecular weight is 521 g/mol. The highest BCUT2D eigenvalue weighted by Gasteiger charge is 2.14. The molecule has 0 amide bonds. The van der Waals surface area contributed by atoms with Gasteiger partial charge in [0.2, 0.25) is 0 Å². The Morgan fingerprint density at radius 2 is 1.08 bits per heavy atom. The highest BCUT2D eigenvalue weighted by atomic mass is 16.5. The molecule has 37 heavy (non-hydrogen) atoms. The number of carbonyl (C=O) groups excluding carboxylic acids is 1. The van der Waals surface area contributed by atoms with Crippen molar-refractivity contribution in [3.05, 3.63) is 24.3 Å². The van der Waals surface area contributed by atoms with Crippen molar-refractivity contribution in [2.24, 2.45) is 0 Å². The monoisotopic (exact) mass is 520 g/mol. The summed E-state index contributed by atoms with van der Waals surface area (Å²) in [6.45, 7) is 4.38. The van der Waals surface area contributed by atoms with Crippen molar-refractivity contribution in [2.75, 3.05) is 0 Å². The molecule has 0 radical (unpaired) electrons. The first-order valence-electron chi connectivity index (χ1n) is 15.8. The Morgan fingerprint density at radius 1 is 0.595 bits per heavy atom. The van der Waals surface area contributed by atoms with Gasteiger partial charge in [0, 0.05) is 12.8 Å². The zero-order chi connectivity index (χ0) is 27.2. The lowest BCUT2D eigenvalue weighted by Crippen LogP contribution is -2.18. The zero-order valence-corrected chi connectivity index (χ0v) is 24.5. The van der Waals surface area contributed by atoms with Crippen LogP contribution in [0.3, 0.4) is 0 Å². The molecule has 0 aromatic heterocycles. The van der Waals surface area contributed by atoms with E-state index < -0.39 is 5.97 Å². The molecule has 1 atom stereocenters. The number of ether oxygens (including phenoxy) is 1. The smallest absolute Gasteiger partial charge is 0.306 e. The second kappa shape index (κ2) is 29.0. The highest BCUT2D eigenvalue weighted by molar-refractivity contribution is 5.69. The lowest BCUT2D eigenvalue weighted by molar-refractivity contribution is -0.150. The molecule has 0 saturated carbocycles. The van der Waals surface area contributed by atoms with E-state index in [2.05, 4.69) is 38.2 Å². The summed E-state index contributed by atoms with van der Waals surface area (Å²) in [4.78, 5) is 22.9. The van der Waals surface area contributed by atoms with Gasteiger partial charge in [-0.05, 0) is 57.8 Å². The number of aliphatic carboxylic acids is 1. The van der Waals surface area contributed by atoms with Crippen LogP contribution in [-0.2, 0) is 14.3 Å². The fourth-order valence-electron chi connectivity index (χ4n) is 4.56. The summed E-state index contributed by atoms with van der Waals surface area (Å²) in [5.41, 5.74) is 0. The first-order valence-corrected chi connectivity index (χ1v) is 15.8. The van der Waals surface area contributed by atoms with Crippen LogP contribution in [0.1, 0.15) is 168 Å². The molecule has 4 nitrogen and oxygen atoms in total. The van der Waals surface area contributed by atoms with Crippen LogP contribution in [0.15, 0.2) is 24.3 Å². The van der Waals surface area contributed by atoms with E-state index in [1.165, 1.54) is 89.9 Å². The van der Waals surface area contributed by atoms with Gasteiger partial charge < -0.3 is 9.84 Å². The van der Waals surface area contributed by atoms with E-state index in [1.54, 1.807) is 0 Å². The van der Waals surface area contributed by atoms with Crippen molar-refractivity contribution in [3.8, 4) is 0 Å². The first kappa shape index (κ1) is 35.4. The summed E-state index contributed by atoms with van der Waals surface area (Å²) in [5.74, 6) is -0.894. The van der Waals surface area contributed by atoms with Gasteiger partial charge in [0.05, 0.1) is 0 Å². The Hall–Kier alpha value is -1.58. The molecule has 216 valence electrons. The summed E-state index contributed by atoms with van der Waals surface area (Å²) < 4.78 is 5.64. The van der Waals surface area contributed by atoms with Crippen LogP contribution in [0, 0.1) is 0 Å². The normalized spacial score (nSPS) is 12.5. The fraction of sp³-hybridized carbons (Fsp3) is 0.818. The third-order valence-electron chi connectivity index (χ3n) is 6.93. The molecule has 0 fully saturated rings. The van der Waals surface area contributed by atoms with Gasteiger partial charge in [-0.15, -0.1) is 0 Å². The molecule has 0 saturated heterocycles. The number of unbranched alkanes of at least 4 members (excludes halogenated alkanes) is 15. The van der Waals surface area contributed by atoms with E-state index in [0.29, 0.717) is 19.3 Å². The molecular weight excluding hydrogens is 460 g/mol. The van der Waals surface area contributed by atoms with Crippen molar-refractivity contribution in [1.82, 2.24) is 0 Å². The van der Waals surface area contributed by atoms with Crippen molar-refractivity contribution in [1.29, 1.82) is 0 Å². The molecule has 0 aliphatic heterocycles. The average Bonchev–Trinajstić information content (AvgIpc) is 2.87. The highest BCUT2D eigenvalue weighted by Crippen LogP contribution is 2.16. The van der Waals surface area contributed by atoms with E-state index in [-0.39, 0.29) is 18.5 Å². The summed E-state index contributed by atoms with van der Waals surface area (Å²) in [7, 11) is 0. The Labute approximate surface area is 229 Å². The maximum Gasteiger partial charge on any atom is 0.306 e. The minimum atomic E-state index is -0.782. The van der Waals surface area contributed by atoms with Gasteiger partial charge in [0.15, 0.2) is 0 Å². The molecule has 0 aliphatic carbocycles. The summed E-state index contributed by atoms with van der Waals surface area (Å²) in [5, 5.41) is 8.81. The second-order valence-electron chi connectivity index (χ2n) is 10.6. The molecule has 0 aromatic carbocycles. The third-order valence-corrected chi connectivity index (χ3v) is 6.93. The molecule has 0 bridgehead atoms. The molecule has 0 rings (SSSR count). The summed E-state index contributed by atoms with van der Waals surface area (Å²) >= 11 is 0. The maximum absolute atomic E-state index is 12.2. The predicted molar refractivity (Wildman–Crippen MR) is 158 cm³/mol.